The zero-order valence-electron chi connectivity index (χ0n) is 17.9. The van der Waals surface area contributed by atoms with Crippen LogP contribution in [0.3, 0.4) is 0 Å². The minimum atomic E-state index is -4.77. The van der Waals surface area contributed by atoms with Crippen molar-refractivity contribution in [2.75, 3.05) is 19.0 Å². The fourth-order valence-electron chi connectivity index (χ4n) is 3.44. The van der Waals surface area contributed by atoms with E-state index in [2.05, 4.69) is 15.3 Å². The summed E-state index contributed by atoms with van der Waals surface area (Å²) in [4.78, 5) is 19.2. The molecule has 0 aliphatic carbocycles. The van der Waals surface area contributed by atoms with Gasteiger partial charge in [-0.1, -0.05) is 17.7 Å². The number of alkyl halides is 3. The summed E-state index contributed by atoms with van der Waals surface area (Å²) in [6.07, 6.45) is -3.54. The van der Waals surface area contributed by atoms with Gasteiger partial charge in [0.25, 0.3) is 0 Å². The second kappa shape index (κ2) is 8.90. The highest BCUT2D eigenvalue weighted by atomic mass is 35.5. The molecule has 1 aromatic heterocycles. The molecule has 12 heteroatoms. The number of methoxy groups -OCH3 is 1. The van der Waals surface area contributed by atoms with Crippen LogP contribution in [0, 0.1) is 6.92 Å². The van der Waals surface area contributed by atoms with Crippen LogP contribution in [-0.4, -0.2) is 29.6 Å². The fourth-order valence-corrected chi connectivity index (χ4v) is 3.70. The third kappa shape index (κ3) is 4.51. The van der Waals surface area contributed by atoms with Crippen molar-refractivity contribution >= 4 is 29.1 Å². The number of nitrogens with zero attached hydrogens (tertiary/aromatic N) is 2. The average Bonchev–Trinajstić information content (AvgIpc) is 3.26. The number of hydrogen-bond donors (Lipinski definition) is 2. The lowest BCUT2D eigenvalue weighted by atomic mass is 10.1. The molecule has 2 aromatic carbocycles. The molecule has 2 heterocycles. The van der Waals surface area contributed by atoms with Crippen molar-refractivity contribution in [3.8, 4) is 23.1 Å². The number of nitrogens with two attached hydrogens (primary N) is 1. The van der Waals surface area contributed by atoms with E-state index in [0.29, 0.717) is 25.0 Å². The Balaban J connectivity index is 1.74. The molecule has 0 fully saturated rings. The van der Waals surface area contributed by atoms with Crippen LogP contribution in [0.1, 0.15) is 27.0 Å². The van der Waals surface area contributed by atoms with E-state index in [9.17, 15) is 18.0 Å². The molecule has 0 unspecified atom stereocenters. The predicted molar refractivity (Wildman–Crippen MR) is 117 cm³/mol. The lowest BCUT2D eigenvalue weighted by molar-refractivity contribution is -0.139. The second-order valence-corrected chi connectivity index (χ2v) is 7.73. The molecule has 34 heavy (non-hydrogen) atoms. The van der Waals surface area contributed by atoms with E-state index in [1.165, 1.54) is 25.3 Å². The number of benzene rings is 2. The minimum Gasteiger partial charge on any atom is -0.495 e. The molecule has 1 aliphatic rings. The molecule has 3 aromatic rings. The molecule has 4 rings (SSSR count). The van der Waals surface area contributed by atoms with Gasteiger partial charge in [-0.2, -0.15) is 18.2 Å². The number of aromatic nitrogens is 2. The van der Waals surface area contributed by atoms with Gasteiger partial charge in [-0.05, 0) is 30.7 Å². The van der Waals surface area contributed by atoms with Crippen LogP contribution in [0.2, 0.25) is 5.02 Å². The maximum atomic E-state index is 13.6. The van der Waals surface area contributed by atoms with Gasteiger partial charge in [0, 0.05) is 18.2 Å². The zero-order chi connectivity index (χ0) is 24.6. The first kappa shape index (κ1) is 23.4. The summed E-state index contributed by atoms with van der Waals surface area (Å²) < 4.78 is 57.3. The van der Waals surface area contributed by atoms with Gasteiger partial charge in [0.05, 0.1) is 30.0 Å². The van der Waals surface area contributed by atoms with Crippen LogP contribution in [-0.2, 0) is 12.6 Å². The number of hydrogen-bond acceptors (Lipinski definition) is 7. The van der Waals surface area contributed by atoms with Crippen molar-refractivity contribution in [2.24, 2.45) is 5.73 Å². The van der Waals surface area contributed by atoms with Crippen LogP contribution in [0.4, 0.5) is 24.8 Å². The van der Waals surface area contributed by atoms with Crippen molar-refractivity contribution in [1.82, 2.24) is 9.97 Å². The number of halogens is 4. The highest BCUT2D eigenvalue weighted by Gasteiger charge is 2.37. The Kier molecular flexibility index (Phi) is 6.13. The van der Waals surface area contributed by atoms with Gasteiger partial charge in [0.15, 0.2) is 11.5 Å². The van der Waals surface area contributed by atoms with Crippen molar-refractivity contribution in [3.63, 3.8) is 0 Å². The van der Waals surface area contributed by atoms with E-state index in [0.717, 1.165) is 11.1 Å². The number of ether oxygens (including phenoxy) is 3. The lowest BCUT2D eigenvalue weighted by Gasteiger charge is -2.16. The number of nitrogens with one attached hydrogen (secondary N) is 1. The number of anilines is 2. The predicted octanol–water partition coefficient (Wildman–Crippen LogP) is 5.04. The van der Waals surface area contributed by atoms with Gasteiger partial charge in [0.1, 0.15) is 11.3 Å². The summed E-state index contributed by atoms with van der Waals surface area (Å²) in [5, 5.41) is 2.74. The molecule has 1 amide bonds. The van der Waals surface area contributed by atoms with Crippen LogP contribution in [0.5, 0.6) is 23.1 Å². The Morgan fingerprint density at radius 3 is 2.71 bits per heavy atom. The highest BCUT2D eigenvalue weighted by molar-refractivity contribution is 6.34. The molecule has 0 bridgehead atoms. The normalized spacial score (nSPS) is 12.6. The van der Waals surface area contributed by atoms with Gasteiger partial charge in [-0.3, -0.25) is 4.79 Å². The largest absolute Gasteiger partial charge is 0.495 e. The number of fused-ring (bicyclic) bond motifs is 1. The summed E-state index contributed by atoms with van der Waals surface area (Å²) in [6, 6.07) is 5.88. The maximum absolute atomic E-state index is 13.6. The van der Waals surface area contributed by atoms with Crippen molar-refractivity contribution < 1.29 is 32.2 Å². The maximum Gasteiger partial charge on any atom is 0.423 e. The third-order valence-corrected chi connectivity index (χ3v) is 5.44. The number of amides is 1. The molecular weight excluding hydrogens is 477 g/mol. The zero-order valence-corrected chi connectivity index (χ0v) is 18.7. The number of carbonyl (C=O) groups excluding carboxylic acids is 1. The Labute approximate surface area is 196 Å². The second-order valence-electron chi connectivity index (χ2n) is 7.32. The summed E-state index contributed by atoms with van der Waals surface area (Å²) in [7, 11) is 1.33. The first-order chi connectivity index (χ1) is 16.1. The minimum absolute atomic E-state index is 0.00607. The first-order valence-electron chi connectivity index (χ1n) is 9.90. The molecule has 8 nitrogen and oxygen atoms in total. The van der Waals surface area contributed by atoms with Crippen LogP contribution in [0.25, 0.3) is 0 Å². The van der Waals surface area contributed by atoms with E-state index < -0.39 is 23.5 Å². The van der Waals surface area contributed by atoms with Gasteiger partial charge in [-0.25, -0.2) is 4.98 Å². The summed E-state index contributed by atoms with van der Waals surface area (Å²) in [6.45, 7) is 2.29. The smallest absolute Gasteiger partial charge is 0.423 e. The molecular formula is C22H18ClF3N4O4. The SMILES string of the molecule is COc1cc(C(N)=O)c(Cl)cc1Nc1ncc(C(F)(F)F)c(Oc2ccc(C)c3c2OCC3)n1. The standard InChI is InChI=1S/C22H18ClF3N4O4/c1-10-3-4-16(18-11(10)5-6-33-18)34-20-13(22(24,25)26)9-28-21(30-20)29-15-8-14(23)12(19(27)31)7-17(15)32-2/h3-4,7-9H,5-6H2,1-2H3,(H2,27,31)(H,28,29,30). The van der Waals surface area contributed by atoms with Crippen LogP contribution >= 0.6 is 11.6 Å². The average molecular weight is 495 g/mol. The van der Waals surface area contributed by atoms with Crippen molar-refractivity contribution in [2.45, 2.75) is 19.5 Å². The van der Waals surface area contributed by atoms with E-state index >= 15 is 0 Å². The molecule has 178 valence electrons. The number of primary amides is 1. The Hall–Kier alpha value is -3.73. The van der Waals surface area contributed by atoms with Crippen LogP contribution < -0.4 is 25.3 Å². The molecule has 0 atom stereocenters. The van der Waals surface area contributed by atoms with Crippen LogP contribution in [0.15, 0.2) is 30.5 Å². The molecule has 0 spiro atoms. The van der Waals surface area contributed by atoms with Gasteiger partial charge >= 0.3 is 6.18 Å². The Morgan fingerprint density at radius 1 is 1.26 bits per heavy atom. The van der Waals surface area contributed by atoms with E-state index in [-0.39, 0.29) is 33.7 Å². The van der Waals surface area contributed by atoms with E-state index in [1.54, 1.807) is 6.07 Å². The number of rotatable bonds is 6. The summed E-state index contributed by atoms with van der Waals surface area (Å²) in [5.74, 6) is -1.08. The molecule has 0 saturated heterocycles. The molecule has 0 saturated carbocycles. The first-order valence-corrected chi connectivity index (χ1v) is 10.3. The van der Waals surface area contributed by atoms with Crippen molar-refractivity contribution in [3.05, 3.63) is 57.7 Å². The summed E-state index contributed by atoms with van der Waals surface area (Å²) >= 11 is 6.09. The number of carbonyl (C=O) groups is 1. The monoisotopic (exact) mass is 494 g/mol. The van der Waals surface area contributed by atoms with E-state index in [4.69, 9.17) is 31.5 Å². The fraction of sp³-hybridized carbons (Fsp3) is 0.227. The van der Waals surface area contributed by atoms with Gasteiger partial charge < -0.3 is 25.3 Å². The topological polar surface area (TPSA) is 109 Å². The molecule has 0 radical (unpaired) electrons. The summed E-state index contributed by atoms with van der Waals surface area (Å²) in [5.41, 5.74) is 6.14. The molecule has 3 N–H and O–H groups in total. The van der Waals surface area contributed by atoms with Crippen molar-refractivity contribution in [1.29, 1.82) is 0 Å². The van der Waals surface area contributed by atoms with Gasteiger partial charge in [-0.15, -0.1) is 0 Å². The number of aryl methyl sites for hydroxylation is 1. The Bertz CT molecular complexity index is 1280. The van der Waals surface area contributed by atoms with E-state index in [1.807, 2.05) is 6.92 Å². The molecule has 1 aliphatic heterocycles. The lowest BCUT2D eigenvalue weighted by Crippen LogP contribution is -2.13. The van der Waals surface area contributed by atoms with Gasteiger partial charge in [0.2, 0.25) is 17.7 Å². The Morgan fingerprint density at radius 2 is 2.03 bits per heavy atom. The highest BCUT2D eigenvalue weighted by Crippen LogP contribution is 2.43. The quantitative estimate of drug-likeness (QED) is 0.494. The third-order valence-electron chi connectivity index (χ3n) is 5.12.